The predicted octanol–water partition coefficient (Wildman–Crippen LogP) is 0.738. The lowest BCUT2D eigenvalue weighted by atomic mass is 9.92. The van der Waals surface area contributed by atoms with E-state index in [2.05, 4.69) is 19.2 Å². The van der Waals surface area contributed by atoms with Crippen LogP contribution in [0.25, 0.3) is 0 Å². The van der Waals surface area contributed by atoms with Gasteiger partial charge < -0.3 is 15.8 Å². The van der Waals surface area contributed by atoms with E-state index in [9.17, 15) is 0 Å². The Kier molecular flexibility index (Phi) is 4.70. The summed E-state index contributed by atoms with van der Waals surface area (Å²) < 4.78 is 5.30. The van der Waals surface area contributed by atoms with Crippen molar-refractivity contribution in [1.82, 2.24) is 5.32 Å². The molecule has 1 heterocycles. The molecule has 0 amide bonds. The Balaban J connectivity index is 2.17. The number of ether oxygens (including phenoxy) is 1. The molecule has 3 nitrogen and oxygen atoms in total. The van der Waals surface area contributed by atoms with Crippen molar-refractivity contribution in [3.05, 3.63) is 0 Å². The highest BCUT2D eigenvalue weighted by Gasteiger charge is 2.20. The molecule has 1 fully saturated rings. The third-order valence-corrected chi connectivity index (χ3v) is 2.63. The smallest absolute Gasteiger partial charge is 0.0469 e. The zero-order valence-electron chi connectivity index (χ0n) is 8.75. The second kappa shape index (κ2) is 5.58. The lowest BCUT2D eigenvalue weighted by Gasteiger charge is -2.28. The zero-order chi connectivity index (χ0) is 9.68. The van der Waals surface area contributed by atoms with Crippen LogP contribution in [0, 0.1) is 5.92 Å². The van der Waals surface area contributed by atoms with Crippen molar-refractivity contribution >= 4 is 0 Å². The number of nitrogens with one attached hydrogen (secondary N) is 1. The first-order valence-electron chi connectivity index (χ1n) is 5.27. The Bertz CT molecular complexity index is 133. The summed E-state index contributed by atoms with van der Waals surface area (Å²) in [7, 11) is 0. The second-order valence-electron chi connectivity index (χ2n) is 4.18. The molecule has 3 N–H and O–H groups in total. The molecular formula is C10H22N2O. The van der Waals surface area contributed by atoms with Crippen molar-refractivity contribution in [2.45, 2.75) is 38.8 Å². The van der Waals surface area contributed by atoms with E-state index in [1.807, 2.05) is 0 Å². The maximum atomic E-state index is 6.08. The fourth-order valence-electron chi connectivity index (χ4n) is 1.68. The van der Waals surface area contributed by atoms with Gasteiger partial charge in [-0.25, -0.2) is 0 Å². The third kappa shape index (κ3) is 4.07. The van der Waals surface area contributed by atoms with Crippen molar-refractivity contribution < 1.29 is 4.74 Å². The molecule has 1 aliphatic rings. The summed E-state index contributed by atoms with van der Waals surface area (Å²) >= 11 is 0. The quantitative estimate of drug-likeness (QED) is 0.680. The number of rotatable bonds is 4. The summed E-state index contributed by atoms with van der Waals surface area (Å²) in [5.41, 5.74) is 6.08. The van der Waals surface area contributed by atoms with E-state index in [-0.39, 0.29) is 0 Å². The van der Waals surface area contributed by atoms with Gasteiger partial charge in [0, 0.05) is 31.8 Å². The van der Waals surface area contributed by atoms with Crippen LogP contribution >= 0.6 is 0 Å². The fraction of sp³-hybridized carbons (Fsp3) is 1.00. The Labute approximate surface area is 81.0 Å². The number of hydrogen-bond acceptors (Lipinski definition) is 3. The van der Waals surface area contributed by atoms with Gasteiger partial charge in [-0.2, -0.15) is 0 Å². The Hall–Kier alpha value is -0.120. The van der Waals surface area contributed by atoms with Crippen LogP contribution in [0.1, 0.15) is 26.7 Å². The average molecular weight is 186 g/mol. The van der Waals surface area contributed by atoms with Gasteiger partial charge >= 0.3 is 0 Å². The maximum absolute atomic E-state index is 6.08. The van der Waals surface area contributed by atoms with Gasteiger partial charge in [0.1, 0.15) is 0 Å². The van der Waals surface area contributed by atoms with Crippen LogP contribution in [0.15, 0.2) is 0 Å². The van der Waals surface area contributed by atoms with E-state index >= 15 is 0 Å². The van der Waals surface area contributed by atoms with E-state index in [0.717, 1.165) is 32.6 Å². The molecule has 1 saturated heterocycles. The van der Waals surface area contributed by atoms with Crippen LogP contribution in [0.5, 0.6) is 0 Å². The Morgan fingerprint density at radius 3 is 2.54 bits per heavy atom. The molecule has 3 heteroatoms. The minimum atomic E-state index is 0.297. The Morgan fingerprint density at radius 2 is 2.00 bits per heavy atom. The molecule has 0 saturated carbocycles. The van der Waals surface area contributed by atoms with E-state index in [1.165, 1.54) is 0 Å². The second-order valence-corrected chi connectivity index (χ2v) is 4.18. The molecule has 0 aromatic rings. The number of hydrogen-bond donors (Lipinski definition) is 2. The normalized spacial score (nSPS) is 22.2. The molecule has 1 atom stereocenters. The van der Waals surface area contributed by atoms with Crippen LogP contribution < -0.4 is 11.1 Å². The van der Waals surface area contributed by atoms with Crippen LogP contribution in [0.2, 0.25) is 0 Å². The van der Waals surface area contributed by atoms with Gasteiger partial charge in [-0.1, -0.05) is 13.8 Å². The Morgan fingerprint density at radius 1 is 1.38 bits per heavy atom. The molecule has 0 aromatic heterocycles. The van der Waals surface area contributed by atoms with Gasteiger partial charge in [0.2, 0.25) is 0 Å². The molecular weight excluding hydrogens is 164 g/mol. The van der Waals surface area contributed by atoms with Gasteiger partial charge in [0.05, 0.1) is 0 Å². The van der Waals surface area contributed by atoms with Crippen molar-refractivity contribution in [3.63, 3.8) is 0 Å². The first kappa shape index (κ1) is 11.0. The molecule has 0 radical (unpaired) electrons. The SMILES string of the molecule is CC(C)NCC(N)C1CCOCC1. The van der Waals surface area contributed by atoms with Crippen LogP contribution in [0.4, 0.5) is 0 Å². The first-order chi connectivity index (χ1) is 6.20. The van der Waals surface area contributed by atoms with Gasteiger partial charge in [-0.15, -0.1) is 0 Å². The van der Waals surface area contributed by atoms with E-state index in [1.54, 1.807) is 0 Å². The van der Waals surface area contributed by atoms with Gasteiger partial charge in [-0.05, 0) is 18.8 Å². The molecule has 1 rings (SSSR count). The van der Waals surface area contributed by atoms with E-state index in [4.69, 9.17) is 10.5 Å². The summed E-state index contributed by atoms with van der Waals surface area (Å²) in [6.07, 6.45) is 2.25. The van der Waals surface area contributed by atoms with E-state index in [0.29, 0.717) is 18.0 Å². The average Bonchev–Trinajstić information content (AvgIpc) is 2.15. The highest BCUT2D eigenvalue weighted by Crippen LogP contribution is 2.16. The van der Waals surface area contributed by atoms with Gasteiger partial charge in [0.25, 0.3) is 0 Å². The molecule has 0 bridgehead atoms. The van der Waals surface area contributed by atoms with Gasteiger partial charge in [-0.3, -0.25) is 0 Å². The molecule has 13 heavy (non-hydrogen) atoms. The third-order valence-electron chi connectivity index (χ3n) is 2.63. The molecule has 78 valence electrons. The van der Waals surface area contributed by atoms with Crippen LogP contribution in [-0.4, -0.2) is 31.8 Å². The molecule has 1 aliphatic heterocycles. The monoisotopic (exact) mass is 186 g/mol. The first-order valence-corrected chi connectivity index (χ1v) is 5.27. The summed E-state index contributed by atoms with van der Waals surface area (Å²) in [6, 6.07) is 0.831. The molecule has 0 spiro atoms. The van der Waals surface area contributed by atoms with Crippen molar-refractivity contribution in [2.24, 2.45) is 11.7 Å². The molecule has 1 unspecified atom stereocenters. The standard InChI is InChI=1S/C10H22N2O/c1-8(2)12-7-10(11)9-3-5-13-6-4-9/h8-10,12H,3-7,11H2,1-2H3. The van der Waals surface area contributed by atoms with Crippen LogP contribution in [0.3, 0.4) is 0 Å². The topological polar surface area (TPSA) is 47.3 Å². The minimum Gasteiger partial charge on any atom is -0.381 e. The summed E-state index contributed by atoms with van der Waals surface area (Å²) in [5.74, 6) is 0.653. The fourth-order valence-corrected chi connectivity index (χ4v) is 1.68. The van der Waals surface area contributed by atoms with Crippen molar-refractivity contribution in [2.75, 3.05) is 19.8 Å². The molecule has 0 aromatic carbocycles. The lowest BCUT2D eigenvalue weighted by Crippen LogP contribution is -2.43. The highest BCUT2D eigenvalue weighted by atomic mass is 16.5. The largest absolute Gasteiger partial charge is 0.381 e. The number of nitrogens with two attached hydrogens (primary N) is 1. The zero-order valence-corrected chi connectivity index (χ0v) is 8.75. The van der Waals surface area contributed by atoms with Crippen molar-refractivity contribution in [3.8, 4) is 0 Å². The van der Waals surface area contributed by atoms with E-state index < -0.39 is 0 Å². The highest BCUT2D eigenvalue weighted by molar-refractivity contribution is 4.77. The summed E-state index contributed by atoms with van der Waals surface area (Å²) in [6.45, 7) is 7.01. The predicted molar refractivity (Wildman–Crippen MR) is 54.7 cm³/mol. The lowest BCUT2D eigenvalue weighted by molar-refractivity contribution is 0.0582. The van der Waals surface area contributed by atoms with Gasteiger partial charge in [0.15, 0.2) is 0 Å². The van der Waals surface area contributed by atoms with Crippen molar-refractivity contribution in [1.29, 1.82) is 0 Å². The maximum Gasteiger partial charge on any atom is 0.0469 e. The molecule has 0 aliphatic carbocycles. The van der Waals surface area contributed by atoms with Crippen LogP contribution in [-0.2, 0) is 4.74 Å². The summed E-state index contributed by atoms with van der Waals surface area (Å²) in [5, 5.41) is 3.38. The summed E-state index contributed by atoms with van der Waals surface area (Å²) in [4.78, 5) is 0. The minimum absolute atomic E-state index is 0.297.